The zero-order valence-corrected chi connectivity index (χ0v) is 13.1. The number of hydrogen-bond donors (Lipinski definition) is 1. The maximum Gasteiger partial charge on any atom is 0.350 e. The predicted molar refractivity (Wildman–Crippen MR) is 86.1 cm³/mol. The summed E-state index contributed by atoms with van der Waals surface area (Å²) in [5.41, 5.74) is 0.753. The van der Waals surface area contributed by atoms with Crippen molar-refractivity contribution in [1.29, 1.82) is 5.26 Å². The van der Waals surface area contributed by atoms with Gasteiger partial charge in [0, 0.05) is 12.7 Å². The van der Waals surface area contributed by atoms with Crippen molar-refractivity contribution < 1.29 is 14.3 Å². The minimum atomic E-state index is -0.662. The molecule has 0 atom stereocenters. The highest BCUT2D eigenvalue weighted by atomic mass is 16.5. The molecule has 7 heteroatoms. The molecular weight excluding hydrogens is 296 g/mol. The molecule has 0 bridgehead atoms. The van der Waals surface area contributed by atoms with Crippen LogP contribution in [0.4, 0.5) is 5.69 Å². The lowest BCUT2D eigenvalue weighted by Crippen LogP contribution is -2.36. The van der Waals surface area contributed by atoms with Crippen LogP contribution in [0.1, 0.15) is 6.92 Å². The zero-order chi connectivity index (χ0) is 16.7. The Morgan fingerprint density at radius 2 is 2.30 bits per heavy atom. The van der Waals surface area contributed by atoms with Crippen LogP contribution in [0.5, 0.6) is 5.75 Å². The smallest absolute Gasteiger partial charge is 0.350 e. The van der Waals surface area contributed by atoms with Gasteiger partial charge in [0.15, 0.2) is 5.57 Å². The summed E-state index contributed by atoms with van der Waals surface area (Å²) in [6, 6.07) is 9.39. The first-order valence-corrected chi connectivity index (χ1v) is 7.20. The third-order valence-electron chi connectivity index (χ3n) is 3.18. The van der Waals surface area contributed by atoms with Gasteiger partial charge in [-0.15, -0.1) is 0 Å². The number of nitrogens with one attached hydrogen (secondary N) is 1. The number of anilines is 1. The molecule has 0 saturated carbocycles. The summed E-state index contributed by atoms with van der Waals surface area (Å²) in [5, 5.41) is 11.9. The largest absolute Gasteiger partial charge is 0.495 e. The monoisotopic (exact) mass is 314 g/mol. The highest BCUT2D eigenvalue weighted by Gasteiger charge is 2.21. The standard InChI is InChI=1S/C16H18N4O3/c1-3-23-15(21)12(10-17)11-19-16-18-8-9-20(16)13-6-4-5-7-14(13)22-2/h4-7,11H,3,8-9H2,1-2H3,(H,18,19)/b12-11+. The third kappa shape index (κ3) is 3.80. The lowest BCUT2D eigenvalue weighted by molar-refractivity contribution is -0.138. The predicted octanol–water partition coefficient (Wildman–Crippen LogP) is 1.43. The van der Waals surface area contributed by atoms with Gasteiger partial charge in [-0.05, 0) is 19.1 Å². The molecule has 1 heterocycles. The molecule has 7 nitrogen and oxygen atoms in total. The molecule has 1 aliphatic rings. The summed E-state index contributed by atoms with van der Waals surface area (Å²) >= 11 is 0. The number of rotatable bonds is 5. The Hall–Kier alpha value is -3.01. The highest BCUT2D eigenvalue weighted by molar-refractivity contribution is 6.00. The quantitative estimate of drug-likeness (QED) is 0.502. The van der Waals surface area contributed by atoms with Crippen LogP contribution < -0.4 is 15.0 Å². The Labute approximate surface area is 134 Å². The van der Waals surface area contributed by atoms with E-state index in [1.54, 1.807) is 14.0 Å². The maximum atomic E-state index is 11.6. The van der Waals surface area contributed by atoms with Crippen LogP contribution in [-0.4, -0.2) is 38.7 Å². The van der Waals surface area contributed by atoms with Crippen molar-refractivity contribution in [3.63, 3.8) is 0 Å². The van der Waals surface area contributed by atoms with Crippen LogP contribution in [0.15, 0.2) is 41.0 Å². The van der Waals surface area contributed by atoms with Gasteiger partial charge < -0.3 is 19.7 Å². The highest BCUT2D eigenvalue weighted by Crippen LogP contribution is 2.28. The molecule has 23 heavy (non-hydrogen) atoms. The number of para-hydroxylation sites is 2. The number of guanidine groups is 1. The molecule has 1 aromatic carbocycles. The maximum absolute atomic E-state index is 11.6. The van der Waals surface area contributed by atoms with E-state index in [0.29, 0.717) is 19.0 Å². The first-order chi connectivity index (χ1) is 11.2. The number of aliphatic imine (C=N–C) groups is 1. The number of carbonyl (C=O) groups is 1. The minimum Gasteiger partial charge on any atom is -0.495 e. The van der Waals surface area contributed by atoms with E-state index in [4.69, 9.17) is 14.7 Å². The molecule has 0 unspecified atom stereocenters. The van der Waals surface area contributed by atoms with Crippen LogP contribution in [0.25, 0.3) is 0 Å². The molecular formula is C16H18N4O3. The fraction of sp³-hybridized carbons (Fsp3) is 0.312. The number of benzene rings is 1. The van der Waals surface area contributed by atoms with Gasteiger partial charge >= 0.3 is 5.97 Å². The van der Waals surface area contributed by atoms with Gasteiger partial charge in [-0.1, -0.05) is 12.1 Å². The normalized spacial score (nSPS) is 14.0. The summed E-state index contributed by atoms with van der Waals surface area (Å²) in [6.45, 7) is 3.18. The topological polar surface area (TPSA) is 87.0 Å². The van der Waals surface area contributed by atoms with E-state index < -0.39 is 5.97 Å². The van der Waals surface area contributed by atoms with E-state index in [9.17, 15) is 4.79 Å². The average molecular weight is 314 g/mol. The van der Waals surface area contributed by atoms with Gasteiger partial charge in [0.25, 0.3) is 0 Å². The van der Waals surface area contributed by atoms with Crippen LogP contribution in [0.3, 0.4) is 0 Å². The van der Waals surface area contributed by atoms with E-state index in [-0.39, 0.29) is 12.2 Å². The van der Waals surface area contributed by atoms with Crippen molar-refractivity contribution in [3.05, 3.63) is 36.0 Å². The Balaban J connectivity index is 2.17. The molecule has 0 fully saturated rings. The van der Waals surface area contributed by atoms with Gasteiger partial charge in [-0.25, -0.2) is 4.79 Å². The lowest BCUT2D eigenvalue weighted by atomic mass is 10.2. The van der Waals surface area contributed by atoms with E-state index in [2.05, 4.69) is 10.3 Å². The summed E-state index contributed by atoms with van der Waals surface area (Å²) in [7, 11) is 1.60. The molecule has 2 rings (SSSR count). The van der Waals surface area contributed by atoms with Gasteiger partial charge in [-0.2, -0.15) is 5.26 Å². The summed E-state index contributed by atoms with van der Waals surface area (Å²) in [4.78, 5) is 17.9. The van der Waals surface area contributed by atoms with E-state index in [0.717, 1.165) is 11.4 Å². The number of nitrogens with zero attached hydrogens (tertiary/aromatic N) is 3. The molecule has 1 aromatic rings. The van der Waals surface area contributed by atoms with Crippen molar-refractivity contribution in [1.82, 2.24) is 5.32 Å². The molecule has 0 spiro atoms. The number of nitriles is 1. The van der Waals surface area contributed by atoms with Crippen LogP contribution in [-0.2, 0) is 9.53 Å². The molecule has 120 valence electrons. The number of methoxy groups -OCH3 is 1. The Kier molecular flexibility index (Phi) is 5.58. The van der Waals surface area contributed by atoms with Gasteiger partial charge in [0.1, 0.15) is 11.8 Å². The average Bonchev–Trinajstić information content (AvgIpc) is 3.04. The molecule has 1 N–H and O–H groups in total. The molecule has 1 aliphatic heterocycles. The fourth-order valence-electron chi connectivity index (χ4n) is 2.14. The fourth-order valence-corrected chi connectivity index (χ4v) is 2.14. The van der Waals surface area contributed by atoms with Gasteiger partial charge in [0.2, 0.25) is 5.96 Å². The first-order valence-electron chi connectivity index (χ1n) is 7.20. The van der Waals surface area contributed by atoms with E-state index >= 15 is 0 Å². The second-order valence-corrected chi connectivity index (χ2v) is 4.56. The molecule has 0 aromatic heterocycles. The number of hydrogen-bond acceptors (Lipinski definition) is 7. The van der Waals surface area contributed by atoms with E-state index in [1.807, 2.05) is 35.2 Å². The number of ether oxygens (including phenoxy) is 2. The zero-order valence-electron chi connectivity index (χ0n) is 13.1. The van der Waals surface area contributed by atoms with E-state index in [1.165, 1.54) is 6.20 Å². The van der Waals surface area contributed by atoms with Gasteiger partial charge in [-0.3, -0.25) is 4.99 Å². The molecule has 0 aliphatic carbocycles. The molecule has 0 saturated heterocycles. The Morgan fingerprint density at radius 1 is 1.52 bits per heavy atom. The Bertz CT molecular complexity index is 676. The summed E-state index contributed by atoms with van der Waals surface area (Å²) in [6.07, 6.45) is 1.31. The second-order valence-electron chi connectivity index (χ2n) is 4.56. The summed E-state index contributed by atoms with van der Waals surface area (Å²) in [5.74, 6) is 0.607. The van der Waals surface area contributed by atoms with Crippen molar-refractivity contribution in [2.75, 3.05) is 31.7 Å². The van der Waals surface area contributed by atoms with Crippen molar-refractivity contribution in [3.8, 4) is 11.8 Å². The molecule has 0 amide bonds. The SMILES string of the molecule is CCOC(=O)/C(C#N)=C/NC1=NCCN1c1ccccc1OC. The van der Waals surface area contributed by atoms with Crippen molar-refractivity contribution in [2.24, 2.45) is 4.99 Å². The molecule has 0 radical (unpaired) electrons. The number of esters is 1. The van der Waals surface area contributed by atoms with Crippen LogP contribution in [0.2, 0.25) is 0 Å². The van der Waals surface area contributed by atoms with Crippen LogP contribution in [0, 0.1) is 11.3 Å². The second kappa shape index (κ2) is 7.84. The lowest BCUT2D eigenvalue weighted by Gasteiger charge is -2.22. The van der Waals surface area contributed by atoms with Gasteiger partial charge in [0.05, 0.1) is 25.9 Å². The summed E-state index contributed by atoms with van der Waals surface area (Å²) < 4.78 is 10.2. The number of carbonyl (C=O) groups excluding carboxylic acids is 1. The first kappa shape index (κ1) is 16.4. The third-order valence-corrected chi connectivity index (χ3v) is 3.18. The Morgan fingerprint density at radius 3 is 3.00 bits per heavy atom. The minimum absolute atomic E-state index is 0.110. The van der Waals surface area contributed by atoms with Crippen LogP contribution >= 0.6 is 0 Å². The van der Waals surface area contributed by atoms with Crippen molar-refractivity contribution >= 4 is 17.6 Å². The van der Waals surface area contributed by atoms with Crippen molar-refractivity contribution in [2.45, 2.75) is 6.92 Å².